The molecule has 10 heteroatoms. The topological polar surface area (TPSA) is 107 Å². The monoisotopic (exact) mass is 407 g/mol. The van der Waals surface area contributed by atoms with Crippen molar-refractivity contribution in [2.24, 2.45) is 0 Å². The molecule has 150 valence electrons. The molecule has 1 aliphatic heterocycles. The molecule has 0 saturated heterocycles. The third-order valence-electron chi connectivity index (χ3n) is 4.27. The molecule has 9 nitrogen and oxygen atoms in total. The lowest BCUT2D eigenvalue weighted by Gasteiger charge is -2.19. The van der Waals surface area contributed by atoms with E-state index in [9.17, 15) is 18.0 Å². The van der Waals surface area contributed by atoms with E-state index in [4.69, 9.17) is 9.47 Å². The van der Waals surface area contributed by atoms with Crippen LogP contribution in [-0.4, -0.2) is 43.1 Å². The van der Waals surface area contributed by atoms with Gasteiger partial charge in [-0.3, -0.25) is 9.59 Å². The normalized spacial score (nSPS) is 13.0. The van der Waals surface area contributed by atoms with Crippen LogP contribution < -0.4 is 20.3 Å². The van der Waals surface area contributed by atoms with Crippen LogP contribution in [0, 0.1) is 0 Å². The Kier molecular flexibility index (Phi) is 5.71. The van der Waals surface area contributed by atoms with Gasteiger partial charge < -0.3 is 19.4 Å². The second-order valence-corrected chi connectivity index (χ2v) is 7.97. The number of anilines is 1. The van der Waals surface area contributed by atoms with Crippen LogP contribution in [-0.2, 0) is 21.4 Å². The Hall–Kier alpha value is -2.85. The van der Waals surface area contributed by atoms with Crippen molar-refractivity contribution in [3.63, 3.8) is 0 Å². The summed E-state index contributed by atoms with van der Waals surface area (Å²) >= 11 is 0. The minimum Gasteiger partial charge on any atom is -0.454 e. The van der Waals surface area contributed by atoms with E-state index >= 15 is 0 Å². The lowest BCUT2D eigenvalue weighted by Crippen LogP contribution is -2.33. The Morgan fingerprint density at radius 2 is 1.86 bits per heavy atom. The molecular weight excluding hydrogens is 386 g/mol. The van der Waals surface area contributed by atoms with E-state index < -0.39 is 21.5 Å². The van der Waals surface area contributed by atoms with E-state index in [1.54, 1.807) is 32.0 Å². The Bertz CT molecular complexity index is 1040. The molecule has 1 aromatic carbocycles. The van der Waals surface area contributed by atoms with Crippen LogP contribution in [0.5, 0.6) is 11.5 Å². The van der Waals surface area contributed by atoms with Crippen LogP contribution >= 0.6 is 0 Å². The maximum atomic E-state index is 12.6. The summed E-state index contributed by atoms with van der Waals surface area (Å²) in [6.45, 7) is 3.88. The number of carbonyl (C=O) groups is 1. The quantitative estimate of drug-likeness (QED) is 0.740. The van der Waals surface area contributed by atoms with Gasteiger partial charge in [0.1, 0.15) is 6.54 Å². The van der Waals surface area contributed by atoms with E-state index in [2.05, 4.69) is 5.32 Å². The Labute approximate surface area is 162 Å². The van der Waals surface area contributed by atoms with Gasteiger partial charge in [-0.2, -0.15) is 4.31 Å². The number of nitrogens with one attached hydrogen (secondary N) is 1. The van der Waals surface area contributed by atoms with Crippen LogP contribution in [0.3, 0.4) is 0 Å². The van der Waals surface area contributed by atoms with Crippen molar-refractivity contribution in [3.05, 3.63) is 46.9 Å². The fourth-order valence-electron chi connectivity index (χ4n) is 2.83. The van der Waals surface area contributed by atoms with Crippen molar-refractivity contribution in [2.45, 2.75) is 25.3 Å². The van der Waals surface area contributed by atoms with E-state index in [0.29, 0.717) is 30.3 Å². The van der Waals surface area contributed by atoms with Gasteiger partial charge in [-0.25, -0.2) is 8.42 Å². The van der Waals surface area contributed by atoms with Gasteiger partial charge in [0.25, 0.3) is 5.56 Å². The van der Waals surface area contributed by atoms with Crippen LogP contribution in [0.25, 0.3) is 0 Å². The number of sulfonamides is 1. The summed E-state index contributed by atoms with van der Waals surface area (Å²) in [4.78, 5) is 24.4. The number of fused-ring (bicyclic) bond motifs is 1. The number of pyridine rings is 1. The molecule has 2 aromatic rings. The zero-order valence-corrected chi connectivity index (χ0v) is 16.4. The number of carbonyl (C=O) groups excluding carboxylic acids is 1. The van der Waals surface area contributed by atoms with Crippen molar-refractivity contribution >= 4 is 21.6 Å². The second-order valence-electron chi connectivity index (χ2n) is 6.04. The first-order valence-corrected chi connectivity index (χ1v) is 10.2. The third kappa shape index (κ3) is 4.02. The highest BCUT2D eigenvalue weighted by atomic mass is 32.2. The summed E-state index contributed by atoms with van der Waals surface area (Å²) in [5, 5.41) is 2.66. The van der Waals surface area contributed by atoms with Crippen LogP contribution in [0.4, 0.5) is 5.69 Å². The molecule has 0 fully saturated rings. The molecule has 1 N–H and O–H groups in total. The number of rotatable bonds is 7. The lowest BCUT2D eigenvalue weighted by molar-refractivity contribution is -0.116. The van der Waals surface area contributed by atoms with E-state index in [-0.39, 0.29) is 18.2 Å². The number of hydrogen-bond donors (Lipinski definition) is 1. The third-order valence-corrected chi connectivity index (χ3v) is 6.30. The molecule has 0 spiro atoms. The predicted molar refractivity (Wildman–Crippen MR) is 102 cm³/mol. The summed E-state index contributed by atoms with van der Waals surface area (Å²) in [7, 11) is -3.73. The summed E-state index contributed by atoms with van der Waals surface area (Å²) < 4.78 is 38.1. The Morgan fingerprint density at radius 1 is 1.14 bits per heavy atom. The zero-order valence-electron chi connectivity index (χ0n) is 15.5. The molecule has 3 rings (SSSR count). The molecule has 2 heterocycles. The lowest BCUT2D eigenvalue weighted by atomic mass is 10.3. The van der Waals surface area contributed by atoms with Crippen molar-refractivity contribution in [2.75, 3.05) is 25.2 Å². The molecule has 28 heavy (non-hydrogen) atoms. The van der Waals surface area contributed by atoms with Gasteiger partial charge in [-0.15, -0.1) is 0 Å². The van der Waals surface area contributed by atoms with Crippen LogP contribution in [0.15, 0.2) is 46.2 Å². The minimum absolute atomic E-state index is 0.0355. The predicted octanol–water partition coefficient (Wildman–Crippen LogP) is 1.25. The molecule has 0 saturated carbocycles. The average Bonchev–Trinajstić information content (AvgIpc) is 3.12. The largest absolute Gasteiger partial charge is 0.454 e. The van der Waals surface area contributed by atoms with Gasteiger partial charge in [0.05, 0.1) is 4.90 Å². The van der Waals surface area contributed by atoms with Gasteiger partial charge >= 0.3 is 0 Å². The summed E-state index contributed by atoms with van der Waals surface area (Å²) in [6.07, 6.45) is 1.19. The first-order chi connectivity index (χ1) is 13.3. The summed E-state index contributed by atoms with van der Waals surface area (Å²) in [5.74, 6) is 0.629. The number of amides is 1. The Balaban J connectivity index is 1.78. The van der Waals surface area contributed by atoms with Crippen molar-refractivity contribution in [1.82, 2.24) is 8.87 Å². The van der Waals surface area contributed by atoms with Gasteiger partial charge in [0, 0.05) is 37.1 Å². The number of aromatic nitrogens is 1. The van der Waals surface area contributed by atoms with Crippen LogP contribution in [0.1, 0.15) is 13.8 Å². The van der Waals surface area contributed by atoms with Gasteiger partial charge in [0.2, 0.25) is 22.7 Å². The molecule has 1 aliphatic rings. The highest BCUT2D eigenvalue weighted by Gasteiger charge is 2.22. The van der Waals surface area contributed by atoms with Crippen molar-refractivity contribution < 1.29 is 22.7 Å². The first kappa shape index (κ1) is 19.9. The van der Waals surface area contributed by atoms with Crippen molar-refractivity contribution in [1.29, 1.82) is 0 Å². The molecule has 0 atom stereocenters. The fourth-order valence-corrected chi connectivity index (χ4v) is 4.31. The molecule has 1 aromatic heterocycles. The molecule has 0 aliphatic carbocycles. The minimum atomic E-state index is -3.73. The van der Waals surface area contributed by atoms with Gasteiger partial charge in [-0.1, -0.05) is 13.8 Å². The van der Waals surface area contributed by atoms with E-state index in [1.165, 1.54) is 16.6 Å². The van der Waals surface area contributed by atoms with Crippen molar-refractivity contribution in [3.8, 4) is 11.5 Å². The second kappa shape index (κ2) is 8.03. The maximum absolute atomic E-state index is 12.6. The molecule has 0 unspecified atom stereocenters. The number of ether oxygens (including phenoxy) is 2. The van der Waals surface area contributed by atoms with E-state index in [0.717, 1.165) is 10.6 Å². The van der Waals surface area contributed by atoms with E-state index in [1.807, 2.05) is 0 Å². The summed E-state index contributed by atoms with van der Waals surface area (Å²) in [5.41, 5.74) is 0.00792. The molecule has 1 amide bonds. The maximum Gasteiger partial charge on any atom is 0.251 e. The number of nitrogens with zero attached hydrogens (tertiary/aromatic N) is 2. The highest BCUT2D eigenvalue weighted by Crippen LogP contribution is 2.34. The SMILES string of the molecule is CCN(CC)S(=O)(=O)c1ccc(=O)n(CC(=O)Nc2ccc3c(c2)OCO3)c1. The van der Waals surface area contributed by atoms with Crippen LogP contribution in [0.2, 0.25) is 0 Å². The fraction of sp³-hybridized carbons (Fsp3) is 0.333. The molecule has 0 bridgehead atoms. The number of benzene rings is 1. The standard InChI is InChI=1S/C18H21N3O6S/c1-3-21(4-2)28(24,25)14-6-8-18(23)20(10-14)11-17(22)19-13-5-7-15-16(9-13)27-12-26-15/h5-10H,3-4,11-12H2,1-2H3,(H,19,22). The average molecular weight is 407 g/mol. The van der Waals surface area contributed by atoms with Gasteiger partial charge in [0.15, 0.2) is 11.5 Å². The zero-order chi connectivity index (χ0) is 20.3. The number of hydrogen-bond acceptors (Lipinski definition) is 6. The summed E-state index contributed by atoms with van der Waals surface area (Å²) in [6, 6.07) is 7.33. The first-order valence-electron chi connectivity index (χ1n) is 8.75. The Morgan fingerprint density at radius 3 is 2.57 bits per heavy atom. The molecule has 0 radical (unpaired) electrons. The molecular formula is C18H21N3O6S. The highest BCUT2D eigenvalue weighted by molar-refractivity contribution is 7.89. The smallest absolute Gasteiger partial charge is 0.251 e. The van der Waals surface area contributed by atoms with Gasteiger partial charge in [-0.05, 0) is 18.2 Å².